The van der Waals surface area contributed by atoms with Crippen molar-refractivity contribution in [3.63, 3.8) is 0 Å². The lowest BCUT2D eigenvalue weighted by Gasteiger charge is -2.28. The Bertz CT molecular complexity index is 274. The summed E-state index contributed by atoms with van der Waals surface area (Å²) in [5.41, 5.74) is 5.64. The molecule has 17 heavy (non-hydrogen) atoms. The number of terminal acetylenes is 1. The van der Waals surface area contributed by atoms with E-state index >= 15 is 0 Å². The Morgan fingerprint density at radius 2 is 2.12 bits per heavy atom. The van der Waals surface area contributed by atoms with Crippen molar-refractivity contribution in [2.75, 3.05) is 6.54 Å². The minimum absolute atomic E-state index is 0.139. The van der Waals surface area contributed by atoms with E-state index in [0.717, 1.165) is 38.6 Å². The Kier molecular flexibility index (Phi) is 6.07. The summed E-state index contributed by atoms with van der Waals surface area (Å²) in [6.07, 6.45) is 10.9. The van der Waals surface area contributed by atoms with Crippen LogP contribution in [0.1, 0.15) is 45.4 Å². The van der Waals surface area contributed by atoms with Gasteiger partial charge in [-0.3, -0.25) is 4.79 Å². The van der Waals surface area contributed by atoms with Crippen molar-refractivity contribution < 1.29 is 4.79 Å². The molecule has 0 aromatic carbocycles. The third kappa shape index (κ3) is 4.40. The molecule has 0 aliphatic heterocycles. The largest absolute Gasteiger partial charge is 0.352 e. The predicted octanol–water partition coefficient (Wildman–Crippen LogP) is 1.67. The van der Waals surface area contributed by atoms with E-state index in [0.29, 0.717) is 12.3 Å². The highest BCUT2D eigenvalue weighted by atomic mass is 16.1. The lowest BCUT2D eigenvalue weighted by Crippen LogP contribution is -2.40. The first kappa shape index (κ1) is 14.1. The van der Waals surface area contributed by atoms with Gasteiger partial charge in [0, 0.05) is 18.4 Å². The number of hydrogen-bond acceptors (Lipinski definition) is 2. The van der Waals surface area contributed by atoms with E-state index < -0.39 is 0 Å². The normalized spacial score (nSPS) is 25.9. The van der Waals surface area contributed by atoms with Crippen molar-refractivity contribution in [3.8, 4) is 12.3 Å². The summed E-state index contributed by atoms with van der Waals surface area (Å²) in [4.78, 5) is 12.0. The van der Waals surface area contributed by atoms with Crippen LogP contribution in [0.15, 0.2) is 0 Å². The van der Waals surface area contributed by atoms with Gasteiger partial charge in [0.2, 0.25) is 5.91 Å². The zero-order valence-electron chi connectivity index (χ0n) is 10.7. The fraction of sp³-hybridized carbons (Fsp3) is 0.786. The molecule has 3 nitrogen and oxygen atoms in total. The molecule has 3 N–H and O–H groups in total. The maximum atomic E-state index is 12.0. The summed E-state index contributed by atoms with van der Waals surface area (Å²) in [7, 11) is 0. The zero-order valence-corrected chi connectivity index (χ0v) is 10.7. The molecule has 0 bridgehead atoms. The van der Waals surface area contributed by atoms with Gasteiger partial charge in [-0.2, -0.15) is 0 Å². The fourth-order valence-corrected chi connectivity index (χ4v) is 2.42. The molecule has 96 valence electrons. The fourth-order valence-electron chi connectivity index (χ4n) is 2.42. The first-order valence-electron chi connectivity index (χ1n) is 6.65. The second-order valence-corrected chi connectivity index (χ2v) is 4.98. The van der Waals surface area contributed by atoms with Gasteiger partial charge >= 0.3 is 0 Å². The summed E-state index contributed by atoms with van der Waals surface area (Å²) in [5, 5.41) is 3.06. The first-order chi connectivity index (χ1) is 8.21. The Morgan fingerprint density at radius 3 is 2.59 bits per heavy atom. The number of rotatable bonds is 5. The summed E-state index contributed by atoms with van der Waals surface area (Å²) < 4.78 is 0. The highest BCUT2D eigenvalue weighted by Gasteiger charge is 2.26. The summed E-state index contributed by atoms with van der Waals surface area (Å²) in [6, 6.07) is 0.139. The molecule has 1 fully saturated rings. The Balaban J connectivity index is 2.36. The Morgan fingerprint density at radius 1 is 1.47 bits per heavy atom. The van der Waals surface area contributed by atoms with Crippen molar-refractivity contribution >= 4 is 5.91 Å². The number of amides is 1. The lowest BCUT2D eigenvalue weighted by molar-refractivity contribution is -0.126. The van der Waals surface area contributed by atoms with Crippen LogP contribution in [0.2, 0.25) is 0 Å². The van der Waals surface area contributed by atoms with Crippen molar-refractivity contribution in [1.29, 1.82) is 0 Å². The highest BCUT2D eigenvalue weighted by molar-refractivity contribution is 5.79. The van der Waals surface area contributed by atoms with Crippen LogP contribution in [0.4, 0.5) is 0 Å². The standard InChI is InChI=1S/C14H24N2O/c1-3-5-13(4-2)16-14(17)12-8-6-11(10-15)7-9-12/h1,11-13H,4-10,15H2,2H3,(H,16,17). The summed E-state index contributed by atoms with van der Waals surface area (Å²) in [6.45, 7) is 2.80. The topological polar surface area (TPSA) is 55.1 Å². The van der Waals surface area contributed by atoms with Crippen LogP contribution < -0.4 is 11.1 Å². The van der Waals surface area contributed by atoms with E-state index in [9.17, 15) is 4.79 Å². The lowest BCUT2D eigenvalue weighted by atomic mass is 9.81. The van der Waals surface area contributed by atoms with Gasteiger partial charge in [0.25, 0.3) is 0 Å². The van der Waals surface area contributed by atoms with E-state index in [1.165, 1.54) is 0 Å². The Labute approximate surface area is 105 Å². The molecule has 0 radical (unpaired) electrons. The van der Waals surface area contributed by atoms with Crippen LogP contribution in [0.25, 0.3) is 0 Å². The molecule has 1 unspecified atom stereocenters. The molecule has 1 atom stereocenters. The van der Waals surface area contributed by atoms with Crippen molar-refractivity contribution in [2.45, 2.75) is 51.5 Å². The molecule has 1 saturated carbocycles. The van der Waals surface area contributed by atoms with Gasteiger partial charge in [-0.15, -0.1) is 12.3 Å². The molecule has 0 saturated heterocycles. The summed E-state index contributed by atoms with van der Waals surface area (Å²) in [5.74, 6) is 3.58. The van der Waals surface area contributed by atoms with E-state index in [2.05, 4.69) is 11.2 Å². The minimum atomic E-state index is 0.139. The smallest absolute Gasteiger partial charge is 0.223 e. The minimum Gasteiger partial charge on any atom is -0.352 e. The van der Waals surface area contributed by atoms with Crippen molar-refractivity contribution in [1.82, 2.24) is 5.32 Å². The number of carbonyl (C=O) groups is 1. The van der Waals surface area contributed by atoms with Crippen LogP contribution in [0.3, 0.4) is 0 Å². The SMILES string of the molecule is C#CCC(CC)NC(=O)C1CCC(CN)CC1. The molecular formula is C14H24N2O. The molecule has 3 heteroatoms. The van der Waals surface area contributed by atoms with Crippen LogP contribution in [0.5, 0.6) is 0 Å². The van der Waals surface area contributed by atoms with Crippen molar-refractivity contribution in [3.05, 3.63) is 0 Å². The number of nitrogens with one attached hydrogen (secondary N) is 1. The van der Waals surface area contributed by atoms with Crippen LogP contribution in [0, 0.1) is 24.2 Å². The third-order valence-corrected chi connectivity index (χ3v) is 3.75. The van der Waals surface area contributed by atoms with Crippen molar-refractivity contribution in [2.24, 2.45) is 17.6 Å². The van der Waals surface area contributed by atoms with E-state index in [1.807, 2.05) is 6.92 Å². The van der Waals surface area contributed by atoms with Gasteiger partial charge in [0.05, 0.1) is 0 Å². The van der Waals surface area contributed by atoms with Gasteiger partial charge in [-0.1, -0.05) is 6.92 Å². The quantitative estimate of drug-likeness (QED) is 0.713. The molecule has 1 aliphatic rings. The molecule has 1 amide bonds. The molecule has 0 aromatic heterocycles. The maximum absolute atomic E-state index is 12.0. The van der Waals surface area contributed by atoms with Gasteiger partial charge in [0.15, 0.2) is 0 Å². The first-order valence-corrected chi connectivity index (χ1v) is 6.65. The predicted molar refractivity (Wildman–Crippen MR) is 70.2 cm³/mol. The number of carbonyl (C=O) groups excluding carboxylic acids is 1. The van der Waals surface area contributed by atoms with Crippen LogP contribution in [-0.4, -0.2) is 18.5 Å². The zero-order chi connectivity index (χ0) is 12.7. The van der Waals surface area contributed by atoms with Crippen LogP contribution in [-0.2, 0) is 4.79 Å². The van der Waals surface area contributed by atoms with Gasteiger partial charge in [0.1, 0.15) is 0 Å². The molecule has 0 heterocycles. The number of hydrogen-bond donors (Lipinski definition) is 2. The van der Waals surface area contributed by atoms with E-state index in [-0.39, 0.29) is 17.9 Å². The third-order valence-electron chi connectivity index (χ3n) is 3.75. The van der Waals surface area contributed by atoms with Gasteiger partial charge in [-0.05, 0) is 44.6 Å². The molecule has 0 spiro atoms. The average molecular weight is 236 g/mol. The van der Waals surface area contributed by atoms with E-state index in [4.69, 9.17) is 12.2 Å². The molecular weight excluding hydrogens is 212 g/mol. The van der Waals surface area contributed by atoms with Crippen LogP contribution >= 0.6 is 0 Å². The molecule has 0 aromatic rings. The highest BCUT2D eigenvalue weighted by Crippen LogP contribution is 2.28. The second-order valence-electron chi connectivity index (χ2n) is 4.98. The monoisotopic (exact) mass is 236 g/mol. The second kappa shape index (κ2) is 7.34. The Hall–Kier alpha value is -1.01. The molecule has 1 rings (SSSR count). The number of nitrogens with two attached hydrogens (primary N) is 1. The molecule has 1 aliphatic carbocycles. The van der Waals surface area contributed by atoms with E-state index in [1.54, 1.807) is 0 Å². The average Bonchev–Trinajstić information content (AvgIpc) is 2.38. The van der Waals surface area contributed by atoms with Gasteiger partial charge in [-0.25, -0.2) is 0 Å². The van der Waals surface area contributed by atoms with Gasteiger partial charge < -0.3 is 11.1 Å². The maximum Gasteiger partial charge on any atom is 0.223 e. The summed E-state index contributed by atoms with van der Waals surface area (Å²) >= 11 is 0.